The minimum Gasteiger partial charge on any atom is -0.508 e. The standard InChI is InChI=1S/C13H15N3O3/c17-10-5-3-9(4-6-10)8-15-16-13(19)11-2-1-7-14-12(11)18/h3-6,8,11,17H,1-2,7H2,(H,14,18)(H,16,19). The Morgan fingerprint density at radius 2 is 2.16 bits per heavy atom. The van der Waals surface area contributed by atoms with Gasteiger partial charge in [0.1, 0.15) is 11.7 Å². The lowest BCUT2D eigenvalue weighted by Gasteiger charge is -2.19. The average Bonchev–Trinajstić information content (AvgIpc) is 2.41. The number of piperidine rings is 1. The molecule has 2 rings (SSSR count). The van der Waals surface area contributed by atoms with Crippen LogP contribution in [-0.4, -0.2) is 29.7 Å². The molecule has 0 spiro atoms. The van der Waals surface area contributed by atoms with Crippen LogP contribution in [0.25, 0.3) is 0 Å². The number of amides is 2. The summed E-state index contributed by atoms with van der Waals surface area (Å²) in [6.45, 7) is 0.624. The third-order valence-electron chi connectivity index (χ3n) is 2.88. The number of hydrogen-bond acceptors (Lipinski definition) is 4. The van der Waals surface area contributed by atoms with Crippen LogP contribution in [0.2, 0.25) is 0 Å². The quantitative estimate of drug-likeness (QED) is 0.417. The molecular formula is C13H15N3O3. The zero-order chi connectivity index (χ0) is 13.7. The predicted molar refractivity (Wildman–Crippen MR) is 69.6 cm³/mol. The molecule has 1 unspecified atom stereocenters. The number of benzene rings is 1. The maximum atomic E-state index is 11.7. The number of rotatable bonds is 3. The molecule has 1 aliphatic heterocycles. The fourth-order valence-corrected chi connectivity index (χ4v) is 1.83. The van der Waals surface area contributed by atoms with E-state index in [-0.39, 0.29) is 11.7 Å². The minimum atomic E-state index is -0.661. The largest absolute Gasteiger partial charge is 0.508 e. The Morgan fingerprint density at radius 3 is 2.84 bits per heavy atom. The van der Waals surface area contributed by atoms with E-state index in [0.29, 0.717) is 13.0 Å². The molecule has 2 amide bonds. The summed E-state index contributed by atoms with van der Waals surface area (Å²) in [5, 5.41) is 15.6. The fraction of sp³-hybridized carbons (Fsp3) is 0.308. The Morgan fingerprint density at radius 1 is 1.42 bits per heavy atom. The molecule has 1 aromatic carbocycles. The number of phenols is 1. The van der Waals surface area contributed by atoms with Crippen LogP contribution in [0.4, 0.5) is 0 Å². The normalized spacial score (nSPS) is 19.2. The van der Waals surface area contributed by atoms with Gasteiger partial charge in [-0.1, -0.05) is 0 Å². The van der Waals surface area contributed by atoms with E-state index in [4.69, 9.17) is 5.11 Å². The van der Waals surface area contributed by atoms with Crippen molar-refractivity contribution in [3.63, 3.8) is 0 Å². The molecule has 100 valence electrons. The van der Waals surface area contributed by atoms with E-state index in [1.54, 1.807) is 12.1 Å². The molecular weight excluding hydrogens is 246 g/mol. The lowest BCUT2D eigenvalue weighted by atomic mass is 9.98. The molecule has 1 aromatic rings. The Bertz CT molecular complexity index is 496. The van der Waals surface area contributed by atoms with E-state index in [9.17, 15) is 9.59 Å². The van der Waals surface area contributed by atoms with Gasteiger partial charge < -0.3 is 10.4 Å². The summed E-state index contributed by atoms with van der Waals surface area (Å²) < 4.78 is 0. The number of hydrogen-bond donors (Lipinski definition) is 3. The van der Waals surface area contributed by atoms with Crippen LogP contribution in [0.1, 0.15) is 18.4 Å². The van der Waals surface area contributed by atoms with Crippen molar-refractivity contribution in [1.29, 1.82) is 0 Å². The number of aromatic hydroxyl groups is 1. The summed E-state index contributed by atoms with van der Waals surface area (Å²) in [6, 6.07) is 6.38. The Hall–Kier alpha value is -2.37. The van der Waals surface area contributed by atoms with Crippen molar-refractivity contribution in [3.05, 3.63) is 29.8 Å². The Labute approximate surface area is 110 Å². The summed E-state index contributed by atoms with van der Waals surface area (Å²) in [5.74, 6) is -1.14. The molecule has 1 atom stereocenters. The van der Waals surface area contributed by atoms with Gasteiger partial charge in [0.25, 0.3) is 5.91 Å². The van der Waals surface area contributed by atoms with E-state index in [1.807, 2.05) is 0 Å². The van der Waals surface area contributed by atoms with E-state index < -0.39 is 11.8 Å². The van der Waals surface area contributed by atoms with Crippen LogP contribution < -0.4 is 10.7 Å². The van der Waals surface area contributed by atoms with Gasteiger partial charge >= 0.3 is 0 Å². The third kappa shape index (κ3) is 3.54. The fourth-order valence-electron chi connectivity index (χ4n) is 1.83. The van der Waals surface area contributed by atoms with Gasteiger partial charge in [-0.3, -0.25) is 9.59 Å². The molecule has 19 heavy (non-hydrogen) atoms. The van der Waals surface area contributed by atoms with Gasteiger partial charge in [0.05, 0.1) is 6.21 Å². The molecule has 0 aromatic heterocycles. The molecule has 0 aliphatic carbocycles. The van der Waals surface area contributed by atoms with Gasteiger partial charge in [0.15, 0.2) is 0 Å². The second-order valence-corrected chi connectivity index (χ2v) is 4.31. The summed E-state index contributed by atoms with van der Waals surface area (Å²) in [4.78, 5) is 23.2. The monoisotopic (exact) mass is 261 g/mol. The van der Waals surface area contributed by atoms with Gasteiger partial charge in [0.2, 0.25) is 5.91 Å². The first kappa shape index (κ1) is 13.1. The number of nitrogens with zero attached hydrogens (tertiary/aromatic N) is 1. The summed E-state index contributed by atoms with van der Waals surface area (Å²) in [7, 11) is 0. The molecule has 6 nitrogen and oxygen atoms in total. The number of carbonyl (C=O) groups is 2. The number of nitrogens with one attached hydrogen (secondary N) is 2. The lowest BCUT2D eigenvalue weighted by Crippen LogP contribution is -2.43. The Balaban J connectivity index is 1.89. The van der Waals surface area contributed by atoms with Crippen LogP contribution in [-0.2, 0) is 9.59 Å². The summed E-state index contributed by atoms with van der Waals surface area (Å²) in [5.41, 5.74) is 3.09. The second-order valence-electron chi connectivity index (χ2n) is 4.31. The van der Waals surface area contributed by atoms with Crippen LogP contribution in [0.3, 0.4) is 0 Å². The zero-order valence-electron chi connectivity index (χ0n) is 10.3. The van der Waals surface area contributed by atoms with Crippen LogP contribution >= 0.6 is 0 Å². The summed E-state index contributed by atoms with van der Waals surface area (Å²) in [6.07, 6.45) is 2.80. The minimum absolute atomic E-state index is 0.167. The number of hydrazone groups is 1. The highest BCUT2D eigenvalue weighted by Gasteiger charge is 2.28. The van der Waals surface area contributed by atoms with E-state index in [2.05, 4.69) is 15.8 Å². The topological polar surface area (TPSA) is 90.8 Å². The first-order valence-corrected chi connectivity index (χ1v) is 6.06. The van der Waals surface area contributed by atoms with Gasteiger partial charge in [0, 0.05) is 6.54 Å². The first-order chi connectivity index (χ1) is 9.16. The maximum Gasteiger partial charge on any atom is 0.252 e. The highest BCUT2D eigenvalue weighted by atomic mass is 16.3. The average molecular weight is 261 g/mol. The maximum absolute atomic E-state index is 11.7. The van der Waals surface area contributed by atoms with Crippen molar-refractivity contribution in [2.45, 2.75) is 12.8 Å². The third-order valence-corrected chi connectivity index (χ3v) is 2.88. The lowest BCUT2D eigenvalue weighted by molar-refractivity contribution is -0.136. The van der Waals surface area contributed by atoms with Crippen molar-refractivity contribution in [3.8, 4) is 5.75 Å². The molecule has 1 saturated heterocycles. The molecule has 0 bridgehead atoms. The van der Waals surface area contributed by atoms with Crippen molar-refractivity contribution in [2.75, 3.05) is 6.54 Å². The molecule has 1 heterocycles. The molecule has 3 N–H and O–H groups in total. The number of carbonyl (C=O) groups excluding carboxylic acids is 2. The first-order valence-electron chi connectivity index (χ1n) is 6.06. The molecule has 0 radical (unpaired) electrons. The van der Waals surface area contributed by atoms with Gasteiger partial charge in [-0.2, -0.15) is 5.10 Å². The summed E-state index contributed by atoms with van der Waals surface area (Å²) >= 11 is 0. The Kier molecular flexibility index (Phi) is 4.12. The van der Waals surface area contributed by atoms with Crippen LogP contribution in [0.15, 0.2) is 29.4 Å². The second kappa shape index (κ2) is 5.99. The predicted octanol–water partition coefficient (Wildman–Crippen LogP) is 0.369. The van der Waals surface area contributed by atoms with E-state index >= 15 is 0 Å². The SMILES string of the molecule is O=C1NCCCC1C(=O)NN=Cc1ccc(O)cc1. The highest BCUT2D eigenvalue weighted by molar-refractivity contribution is 6.00. The van der Waals surface area contributed by atoms with Gasteiger partial charge in [-0.25, -0.2) is 5.43 Å². The van der Waals surface area contributed by atoms with Crippen molar-refractivity contribution in [2.24, 2.45) is 11.0 Å². The smallest absolute Gasteiger partial charge is 0.252 e. The highest BCUT2D eigenvalue weighted by Crippen LogP contribution is 2.11. The molecule has 6 heteroatoms. The van der Waals surface area contributed by atoms with Crippen molar-refractivity contribution in [1.82, 2.24) is 10.7 Å². The number of phenolic OH excluding ortho intramolecular Hbond substituents is 1. The molecule has 0 saturated carbocycles. The molecule has 1 fully saturated rings. The van der Waals surface area contributed by atoms with E-state index in [0.717, 1.165) is 12.0 Å². The molecule has 1 aliphatic rings. The zero-order valence-corrected chi connectivity index (χ0v) is 10.3. The van der Waals surface area contributed by atoms with E-state index in [1.165, 1.54) is 18.3 Å². The van der Waals surface area contributed by atoms with Crippen LogP contribution in [0, 0.1) is 5.92 Å². The van der Waals surface area contributed by atoms with Crippen molar-refractivity contribution >= 4 is 18.0 Å². The van der Waals surface area contributed by atoms with Gasteiger partial charge in [-0.15, -0.1) is 0 Å². The van der Waals surface area contributed by atoms with Gasteiger partial charge in [-0.05, 0) is 42.7 Å². The van der Waals surface area contributed by atoms with Crippen molar-refractivity contribution < 1.29 is 14.7 Å². The van der Waals surface area contributed by atoms with Crippen LogP contribution in [0.5, 0.6) is 5.75 Å².